The molecular weight excluding hydrogens is 482 g/mol. The summed E-state index contributed by atoms with van der Waals surface area (Å²) in [4.78, 5) is 41.7. The summed E-state index contributed by atoms with van der Waals surface area (Å²) < 4.78 is 5.35. The first-order valence-corrected chi connectivity index (χ1v) is 14.3. The molecule has 0 radical (unpaired) electrons. The largest absolute Gasteiger partial charge is 0.507 e. The molecule has 1 fully saturated rings. The van der Waals surface area contributed by atoms with E-state index in [4.69, 9.17) is 4.74 Å². The van der Waals surface area contributed by atoms with Crippen LogP contribution in [0.5, 0.6) is 5.75 Å². The van der Waals surface area contributed by atoms with Gasteiger partial charge in [0.15, 0.2) is 0 Å². The Labute approximate surface area is 228 Å². The second-order valence-electron chi connectivity index (χ2n) is 11.6. The summed E-state index contributed by atoms with van der Waals surface area (Å²) in [5.41, 5.74) is 0.319. The van der Waals surface area contributed by atoms with Crippen LogP contribution >= 0.6 is 0 Å². The van der Waals surface area contributed by atoms with Gasteiger partial charge in [0.25, 0.3) is 0 Å². The molecule has 0 saturated heterocycles. The molecule has 2 atom stereocenters. The van der Waals surface area contributed by atoms with Gasteiger partial charge in [-0.05, 0) is 59.4 Å². The molecule has 214 valence electrons. The number of alkyl carbamates (subject to hydrolysis) is 1. The lowest BCUT2D eigenvalue weighted by molar-refractivity contribution is -0.142. The number of nitrogens with zero attached hydrogens (tertiary/aromatic N) is 1. The van der Waals surface area contributed by atoms with Gasteiger partial charge in [-0.2, -0.15) is 0 Å². The number of benzene rings is 1. The highest BCUT2D eigenvalue weighted by Gasteiger charge is 2.37. The molecule has 1 aliphatic carbocycles. The van der Waals surface area contributed by atoms with Crippen molar-refractivity contribution in [3.05, 3.63) is 29.3 Å². The Hall–Kier alpha value is -2.77. The monoisotopic (exact) mass is 531 g/mol. The molecule has 1 aromatic rings. The minimum atomic E-state index is -1.02. The van der Waals surface area contributed by atoms with Gasteiger partial charge in [0, 0.05) is 18.2 Å². The highest BCUT2D eigenvalue weighted by atomic mass is 16.6. The number of phenols is 1. The molecule has 38 heavy (non-hydrogen) atoms. The first kappa shape index (κ1) is 31.4. The maximum atomic E-state index is 13.9. The van der Waals surface area contributed by atoms with E-state index in [9.17, 15) is 19.5 Å². The topological polar surface area (TPSA) is 108 Å². The van der Waals surface area contributed by atoms with Crippen molar-refractivity contribution >= 4 is 17.9 Å². The van der Waals surface area contributed by atoms with Gasteiger partial charge >= 0.3 is 6.09 Å². The van der Waals surface area contributed by atoms with Crippen molar-refractivity contribution in [1.82, 2.24) is 15.5 Å². The van der Waals surface area contributed by atoms with Gasteiger partial charge in [-0.25, -0.2) is 4.79 Å². The van der Waals surface area contributed by atoms with Crippen LogP contribution in [0.1, 0.15) is 116 Å². The van der Waals surface area contributed by atoms with E-state index in [-0.39, 0.29) is 17.7 Å². The Bertz CT molecular complexity index is 921. The lowest BCUT2D eigenvalue weighted by Gasteiger charge is -2.35. The first-order chi connectivity index (χ1) is 17.9. The van der Waals surface area contributed by atoms with Gasteiger partial charge in [-0.15, -0.1) is 0 Å². The van der Waals surface area contributed by atoms with Crippen LogP contribution in [0.4, 0.5) is 4.79 Å². The molecule has 0 aromatic heterocycles. The number of rotatable bonds is 12. The van der Waals surface area contributed by atoms with Crippen molar-refractivity contribution in [2.45, 2.75) is 129 Å². The van der Waals surface area contributed by atoms with Crippen LogP contribution in [0.2, 0.25) is 0 Å². The molecule has 3 N–H and O–H groups in total. The number of aryl methyl sites for hydroxylation is 1. The number of aromatic hydroxyl groups is 1. The fourth-order valence-corrected chi connectivity index (χ4v) is 4.93. The van der Waals surface area contributed by atoms with Crippen LogP contribution in [-0.2, 0) is 14.3 Å². The fourth-order valence-electron chi connectivity index (χ4n) is 4.93. The number of phenolic OH excluding ortho intramolecular Hbond substituents is 1. The van der Waals surface area contributed by atoms with Gasteiger partial charge in [-0.1, -0.05) is 70.1 Å². The lowest BCUT2D eigenvalue weighted by atomic mass is 9.94. The smallest absolute Gasteiger partial charge is 0.408 e. The summed E-state index contributed by atoms with van der Waals surface area (Å²) in [6, 6.07) is 3.38. The molecule has 8 nitrogen and oxygen atoms in total. The molecule has 0 bridgehead atoms. The zero-order chi connectivity index (χ0) is 28.3. The number of para-hydroxylation sites is 1. The third-order valence-electron chi connectivity index (χ3n) is 6.96. The molecule has 0 aliphatic heterocycles. The van der Waals surface area contributed by atoms with Crippen LogP contribution in [0, 0.1) is 6.92 Å². The van der Waals surface area contributed by atoms with Crippen molar-refractivity contribution in [2.75, 3.05) is 6.54 Å². The van der Waals surface area contributed by atoms with E-state index in [2.05, 4.69) is 17.6 Å². The lowest BCUT2D eigenvalue weighted by Crippen LogP contribution is -2.53. The summed E-state index contributed by atoms with van der Waals surface area (Å²) in [5.74, 6) is -0.687. The number of ether oxygens (including phenoxy) is 1. The highest BCUT2D eigenvalue weighted by Crippen LogP contribution is 2.33. The van der Waals surface area contributed by atoms with E-state index in [1.165, 1.54) is 4.90 Å². The molecule has 3 amide bonds. The molecule has 0 spiro atoms. The molecule has 1 aliphatic rings. The maximum absolute atomic E-state index is 13.9. The quantitative estimate of drug-likeness (QED) is 0.291. The van der Waals surface area contributed by atoms with E-state index < -0.39 is 29.7 Å². The predicted octanol–water partition coefficient (Wildman–Crippen LogP) is 5.90. The summed E-state index contributed by atoms with van der Waals surface area (Å²) in [6.45, 7) is 11.1. The van der Waals surface area contributed by atoms with E-state index in [1.807, 2.05) is 0 Å². The minimum absolute atomic E-state index is 0.00725. The van der Waals surface area contributed by atoms with Crippen molar-refractivity contribution in [2.24, 2.45) is 0 Å². The van der Waals surface area contributed by atoms with Crippen LogP contribution in [0.3, 0.4) is 0 Å². The van der Waals surface area contributed by atoms with Crippen molar-refractivity contribution in [3.63, 3.8) is 0 Å². The van der Waals surface area contributed by atoms with Crippen LogP contribution < -0.4 is 10.6 Å². The van der Waals surface area contributed by atoms with Gasteiger partial charge in [0.2, 0.25) is 11.8 Å². The molecule has 8 heteroatoms. The number of carbonyl (C=O) groups is 3. The van der Waals surface area contributed by atoms with E-state index in [0.29, 0.717) is 24.1 Å². The average Bonchev–Trinajstić information content (AvgIpc) is 2.84. The minimum Gasteiger partial charge on any atom is -0.507 e. The summed E-state index contributed by atoms with van der Waals surface area (Å²) in [6.07, 6.45) is 9.27. The molecule has 0 heterocycles. The van der Waals surface area contributed by atoms with Crippen LogP contribution in [0.15, 0.2) is 18.2 Å². The van der Waals surface area contributed by atoms with Gasteiger partial charge < -0.3 is 25.4 Å². The van der Waals surface area contributed by atoms with Crippen LogP contribution in [-0.4, -0.2) is 52.1 Å². The van der Waals surface area contributed by atoms with Gasteiger partial charge in [0.05, 0.1) is 0 Å². The summed E-state index contributed by atoms with van der Waals surface area (Å²) in [7, 11) is 0. The van der Waals surface area contributed by atoms with E-state index in [1.54, 1.807) is 52.8 Å². The standard InChI is InChI=1S/C30H49N3O5/c1-7-8-9-10-14-20-33(28(36)22(3)31-29(37)38-30(4,5)6)25(24-19-15-16-21(2)26(24)34)27(35)32-23-17-12-11-13-18-23/h15-16,19,22-23,25,34H,7-14,17-18,20H2,1-6H3,(H,31,37)(H,32,35). The maximum Gasteiger partial charge on any atom is 0.408 e. The van der Waals surface area contributed by atoms with Gasteiger partial charge in [-0.3, -0.25) is 9.59 Å². The Balaban J connectivity index is 2.39. The zero-order valence-electron chi connectivity index (χ0n) is 24.3. The Kier molecular flexibility index (Phi) is 12.4. The summed E-state index contributed by atoms with van der Waals surface area (Å²) in [5, 5.41) is 16.8. The second-order valence-corrected chi connectivity index (χ2v) is 11.6. The SMILES string of the molecule is CCCCCCCN(C(=O)C(C)NC(=O)OC(C)(C)C)C(C(=O)NC1CCCCC1)c1cccc(C)c1O. The van der Waals surface area contributed by atoms with E-state index in [0.717, 1.165) is 57.8 Å². The van der Waals surface area contributed by atoms with Crippen molar-refractivity contribution in [3.8, 4) is 5.75 Å². The zero-order valence-corrected chi connectivity index (χ0v) is 24.3. The Morgan fingerprint density at radius 2 is 1.74 bits per heavy atom. The number of hydrogen-bond donors (Lipinski definition) is 3. The first-order valence-electron chi connectivity index (χ1n) is 14.3. The van der Waals surface area contributed by atoms with Crippen molar-refractivity contribution < 1.29 is 24.2 Å². The fraction of sp³-hybridized carbons (Fsp3) is 0.700. The number of unbranched alkanes of at least 4 members (excludes halogenated alkanes) is 4. The number of nitrogens with one attached hydrogen (secondary N) is 2. The van der Waals surface area contributed by atoms with Crippen molar-refractivity contribution in [1.29, 1.82) is 0 Å². The third kappa shape index (κ3) is 9.84. The number of amides is 3. The molecule has 1 aromatic carbocycles. The second kappa shape index (κ2) is 15.0. The Morgan fingerprint density at radius 1 is 1.08 bits per heavy atom. The predicted molar refractivity (Wildman–Crippen MR) is 150 cm³/mol. The van der Waals surface area contributed by atoms with Gasteiger partial charge in [0.1, 0.15) is 23.4 Å². The van der Waals surface area contributed by atoms with Crippen LogP contribution in [0.25, 0.3) is 0 Å². The molecule has 1 saturated carbocycles. The number of hydrogen-bond acceptors (Lipinski definition) is 5. The molecule has 2 rings (SSSR count). The third-order valence-corrected chi connectivity index (χ3v) is 6.96. The highest BCUT2D eigenvalue weighted by molar-refractivity contribution is 5.92. The van der Waals surface area contributed by atoms with E-state index >= 15 is 0 Å². The molecule has 2 unspecified atom stereocenters. The normalized spacial score (nSPS) is 15.8. The average molecular weight is 532 g/mol. The number of carbonyl (C=O) groups excluding carboxylic acids is 3. The molecular formula is C30H49N3O5. The Morgan fingerprint density at radius 3 is 2.37 bits per heavy atom. The summed E-state index contributed by atoms with van der Waals surface area (Å²) >= 11 is 0.